The molecule has 1 unspecified atom stereocenters. The van der Waals surface area contributed by atoms with Gasteiger partial charge in [-0.05, 0) is 19.9 Å². The van der Waals surface area contributed by atoms with Crippen molar-refractivity contribution in [2.75, 3.05) is 24.5 Å². The van der Waals surface area contributed by atoms with Gasteiger partial charge < -0.3 is 10.2 Å². The number of nitrogens with one attached hydrogen (secondary N) is 1. The van der Waals surface area contributed by atoms with Crippen LogP contribution in [0.3, 0.4) is 0 Å². The molecule has 1 aliphatic heterocycles. The summed E-state index contributed by atoms with van der Waals surface area (Å²) in [5, 5.41) is 11.3. The highest BCUT2D eigenvalue weighted by atomic mass is 15.5. The van der Waals surface area contributed by atoms with Gasteiger partial charge in [-0.25, -0.2) is 4.68 Å². The molecular formula is C9H17N5. The van der Waals surface area contributed by atoms with E-state index in [1.807, 2.05) is 17.9 Å². The SMILES string of the molecule is CCN(c1cnnn1C)C1CCNC1. The zero-order chi connectivity index (χ0) is 9.97. The Hall–Kier alpha value is -1.10. The third-order valence-corrected chi connectivity index (χ3v) is 2.80. The topological polar surface area (TPSA) is 46.0 Å². The lowest BCUT2D eigenvalue weighted by Crippen LogP contribution is -2.37. The molecule has 2 heterocycles. The molecule has 5 nitrogen and oxygen atoms in total. The zero-order valence-electron chi connectivity index (χ0n) is 8.77. The lowest BCUT2D eigenvalue weighted by molar-refractivity contribution is 0.609. The minimum Gasteiger partial charge on any atom is -0.351 e. The molecule has 5 heteroatoms. The van der Waals surface area contributed by atoms with E-state index in [-0.39, 0.29) is 0 Å². The summed E-state index contributed by atoms with van der Waals surface area (Å²) >= 11 is 0. The van der Waals surface area contributed by atoms with E-state index in [0.29, 0.717) is 6.04 Å². The number of aromatic nitrogens is 3. The van der Waals surface area contributed by atoms with Crippen LogP contribution in [0.15, 0.2) is 6.20 Å². The number of hydrogen-bond acceptors (Lipinski definition) is 4. The van der Waals surface area contributed by atoms with Crippen molar-refractivity contribution in [3.63, 3.8) is 0 Å². The Kier molecular flexibility index (Phi) is 2.67. The molecule has 1 aliphatic rings. The van der Waals surface area contributed by atoms with Gasteiger partial charge in [-0.15, -0.1) is 5.10 Å². The first-order chi connectivity index (χ1) is 6.83. The summed E-state index contributed by atoms with van der Waals surface area (Å²) in [6, 6.07) is 0.595. The number of aryl methyl sites for hydroxylation is 1. The standard InChI is InChI=1S/C9H17N5/c1-3-14(8-4-5-10-6-8)9-7-11-12-13(9)2/h7-8,10H,3-6H2,1-2H3. The smallest absolute Gasteiger partial charge is 0.147 e. The number of likely N-dealkylation sites (N-methyl/N-ethyl adjacent to an activating group) is 1. The van der Waals surface area contributed by atoms with Crippen LogP contribution in [0.5, 0.6) is 0 Å². The first-order valence-corrected chi connectivity index (χ1v) is 5.15. The summed E-state index contributed by atoms with van der Waals surface area (Å²) in [5.41, 5.74) is 0. The fraction of sp³-hybridized carbons (Fsp3) is 0.778. The zero-order valence-corrected chi connectivity index (χ0v) is 8.77. The quantitative estimate of drug-likeness (QED) is 0.737. The molecular weight excluding hydrogens is 178 g/mol. The number of anilines is 1. The predicted molar refractivity (Wildman–Crippen MR) is 55.3 cm³/mol. The van der Waals surface area contributed by atoms with Crippen molar-refractivity contribution < 1.29 is 0 Å². The van der Waals surface area contributed by atoms with Crippen LogP contribution in [0, 0.1) is 0 Å². The van der Waals surface area contributed by atoms with Crippen molar-refractivity contribution >= 4 is 5.82 Å². The predicted octanol–water partition coefficient (Wildman–Crippen LogP) is 0.00330. The molecule has 0 saturated carbocycles. The van der Waals surface area contributed by atoms with Gasteiger partial charge in [-0.2, -0.15) is 0 Å². The second kappa shape index (κ2) is 3.96. The molecule has 0 amide bonds. The van der Waals surface area contributed by atoms with Crippen molar-refractivity contribution in [2.24, 2.45) is 7.05 Å². The Labute approximate surface area is 84.1 Å². The minimum atomic E-state index is 0.595. The lowest BCUT2D eigenvalue weighted by atomic mass is 10.2. The molecule has 2 rings (SSSR count). The van der Waals surface area contributed by atoms with Gasteiger partial charge in [0.15, 0.2) is 0 Å². The van der Waals surface area contributed by atoms with Crippen molar-refractivity contribution in [3.8, 4) is 0 Å². The molecule has 78 valence electrons. The maximum Gasteiger partial charge on any atom is 0.147 e. The maximum atomic E-state index is 3.96. The van der Waals surface area contributed by atoms with Crippen molar-refractivity contribution in [1.29, 1.82) is 0 Å². The van der Waals surface area contributed by atoms with E-state index in [1.165, 1.54) is 6.42 Å². The average Bonchev–Trinajstić information content (AvgIpc) is 2.80. The van der Waals surface area contributed by atoms with E-state index in [2.05, 4.69) is 27.5 Å². The molecule has 1 aromatic rings. The highest BCUT2D eigenvalue weighted by Gasteiger charge is 2.23. The number of hydrogen-bond donors (Lipinski definition) is 1. The number of rotatable bonds is 3. The van der Waals surface area contributed by atoms with E-state index < -0.39 is 0 Å². The largest absolute Gasteiger partial charge is 0.351 e. The summed E-state index contributed by atoms with van der Waals surface area (Å²) in [5.74, 6) is 1.11. The summed E-state index contributed by atoms with van der Waals surface area (Å²) in [7, 11) is 1.94. The van der Waals surface area contributed by atoms with Crippen LogP contribution in [-0.2, 0) is 7.05 Å². The fourth-order valence-electron chi connectivity index (χ4n) is 2.06. The summed E-state index contributed by atoms with van der Waals surface area (Å²) < 4.78 is 1.84. The van der Waals surface area contributed by atoms with E-state index in [9.17, 15) is 0 Å². The molecule has 1 atom stereocenters. The van der Waals surface area contributed by atoms with Crippen LogP contribution in [-0.4, -0.2) is 40.7 Å². The molecule has 0 aromatic carbocycles. The second-order valence-electron chi connectivity index (χ2n) is 3.65. The first-order valence-electron chi connectivity index (χ1n) is 5.15. The van der Waals surface area contributed by atoms with Crippen LogP contribution in [0.2, 0.25) is 0 Å². The maximum absolute atomic E-state index is 3.96. The van der Waals surface area contributed by atoms with Crippen LogP contribution in [0.1, 0.15) is 13.3 Å². The Balaban J connectivity index is 2.16. The Morgan fingerprint density at radius 3 is 3.07 bits per heavy atom. The molecule has 0 spiro atoms. The molecule has 14 heavy (non-hydrogen) atoms. The van der Waals surface area contributed by atoms with E-state index in [1.54, 1.807) is 0 Å². The van der Waals surface area contributed by atoms with Crippen molar-refractivity contribution in [2.45, 2.75) is 19.4 Å². The molecule has 1 N–H and O–H groups in total. The van der Waals surface area contributed by atoms with E-state index >= 15 is 0 Å². The Morgan fingerprint density at radius 1 is 1.71 bits per heavy atom. The highest BCUT2D eigenvalue weighted by molar-refractivity contribution is 5.37. The highest BCUT2D eigenvalue weighted by Crippen LogP contribution is 2.17. The molecule has 1 fully saturated rings. The first kappa shape index (κ1) is 9.45. The molecule has 0 aliphatic carbocycles. The van der Waals surface area contributed by atoms with Crippen LogP contribution in [0.4, 0.5) is 5.82 Å². The lowest BCUT2D eigenvalue weighted by Gasteiger charge is -2.28. The van der Waals surface area contributed by atoms with Gasteiger partial charge >= 0.3 is 0 Å². The van der Waals surface area contributed by atoms with Gasteiger partial charge in [-0.3, -0.25) is 0 Å². The summed E-state index contributed by atoms with van der Waals surface area (Å²) in [4.78, 5) is 2.36. The van der Waals surface area contributed by atoms with Gasteiger partial charge in [-0.1, -0.05) is 5.21 Å². The van der Waals surface area contributed by atoms with Crippen LogP contribution >= 0.6 is 0 Å². The second-order valence-corrected chi connectivity index (χ2v) is 3.65. The van der Waals surface area contributed by atoms with Gasteiger partial charge in [0.2, 0.25) is 0 Å². The Bertz CT molecular complexity index is 289. The monoisotopic (exact) mass is 195 g/mol. The van der Waals surface area contributed by atoms with Gasteiger partial charge in [0, 0.05) is 26.2 Å². The molecule has 1 aromatic heterocycles. The van der Waals surface area contributed by atoms with Crippen molar-refractivity contribution in [3.05, 3.63) is 6.20 Å². The van der Waals surface area contributed by atoms with Gasteiger partial charge in [0.05, 0.1) is 6.20 Å². The molecule has 0 bridgehead atoms. The Morgan fingerprint density at radius 2 is 2.57 bits per heavy atom. The molecule has 0 radical (unpaired) electrons. The van der Waals surface area contributed by atoms with E-state index in [0.717, 1.165) is 25.5 Å². The van der Waals surface area contributed by atoms with Crippen LogP contribution < -0.4 is 10.2 Å². The third kappa shape index (κ3) is 1.59. The third-order valence-electron chi connectivity index (χ3n) is 2.80. The average molecular weight is 195 g/mol. The summed E-state index contributed by atoms with van der Waals surface area (Å²) in [6.45, 7) is 5.37. The fourth-order valence-corrected chi connectivity index (χ4v) is 2.06. The normalized spacial score (nSPS) is 21.4. The van der Waals surface area contributed by atoms with Gasteiger partial charge in [0.25, 0.3) is 0 Å². The molecule has 1 saturated heterocycles. The van der Waals surface area contributed by atoms with E-state index in [4.69, 9.17) is 0 Å². The number of nitrogens with zero attached hydrogens (tertiary/aromatic N) is 4. The minimum absolute atomic E-state index is 0.595. The van der Waals surface area contributed by atoms with Crippen LogP contribution in [0.25, 0.3) is 0 Å². The van der Waals surface area contributed by atoms with Gasteiger partial charge in [0.1, 0.15) is 5.82 Å². The van der Waals surface area contributed by atoms with Crippen molar-refractivity contribution in [1.82, 2.24) is 20.3 Å². The summed E-state index contributed by atoms with van der Waals surface area (Å²) in [6.07, 6.45) is 3.04.